The van der Waals surface area contributed by atoms with Gasteiger partial charge in [0, 0.05) is 25.4 Å². The molecule has 4 aromatic carbocycles. The minimum atomic E-state index is -3.93. The molecule has 3 N–H and O–H groups in total. The molecule has 1 aromatic heterocycles. The maximum absolute atomic E-state index is 13.5. The number of carbonyl (C=O) groups is 1. The normalized spacial score (nSPS) is 16.8. The van der Waals surface area contributed by atoms with Gasteiger partial charge < -0.3 is 29.6 Å². The maximum atomic E-state index is 13.5. The lowest BCUT2D eigenvalue weighted by atomic mass is 9.90. The molecule has 0 radical (unpaired) electrons. The van der Waals surface area contributed by atoms with Gasteiger partial charge in [0.05, 0.1) is 42.8 Å². The number of nitrogens with zero attached hydrogens (tertiary/aromatic N) is 2. The van der Waals surface area contributed by atoms with Crippen LogP contribution in [-0.4, -0.2) is 73.4 Å². The molecule has 11 nitrogen and oxygen atoms in total. The number of rotatable bonds is 13. The first-order chi connectivity index (χ1) is 24.3. The third-order valence-electron chi connectivity index (χ3n) is 9.07. The molecule has 2 atom stereocenters. The summed E-state index contributed by atoms with van der Waals surface area (Å²) in [5.41, 5.74) is 7.66. The smallest absolute Gasteiger partial charge is 0.286 e. The van der Waals surface area contributed by atoms with E-state index in [0.29, 0.717) is 18.0 Å². The van der Waals surface area contributed by atoms with Crippen molar-refractivity contribution < 1.29 is 32.5 Å². The number of ether oxygens (including phenoxy) is 3. The van der Waals surface area contributed by atoms with Crippen LogP contribution in [0.1, 0.15) is 34.9 Å². The molecule has 0 unspecified atom stereocenters. The highest BCUT2D eigenvalue weighted by Crippen LogP contribution is 2.40. The second-order valence-corrected chi connectivity index (χ2v) is 14.2. The van der Waals surface area contributed by atoms with Crippen LogP contribution in [-0.2, 0) is 37.3 Å². The Morgan fingerprint density at radius 3 is 2.58 bits per heavy atom. The summed E-state index contributed by atoms with van der Waals surface area (Å²) in [6.07, 6.45) is 2.24. The van der Waals surface area contributed by atoms with E-state index >= 15 is 0 Å². The first-order valence-corrected chi connectivity index (χ1v) is 17.9. The number of aliphatic hydroxyl groups excluding tert-OH is 1. The number of benzene rings is 4. The van der Waals surface area contributed by atoms with E-state index in [0.717, 1.165) is 23.0 Å². The molecule has 0 fully saturated rings. The van der Waals surface area contributed by atoms with Gasteiger partial charge in [-0.15, -0.1) is 0 Å². The number of aliphatic hydroxyl groups is 1. The van der Waals surface area contributed by atoms with Gasteiger partial charge in [-0.3, -0.25) is 4.79 Å². The van der Waals surface area contributed by atoms with Crippen molar-refractivity contribution in [1.29, 1.82) is 0 Å². The number of amides is 1. The molecule has 7 rings (SSSR count). The molecular formula is C38H38N4O7S. The van der Waals surface area contributed by atoms with Crippen molar-refractivity contribution >= 4 is 27.0 Å². The number of fused-ring (bicyclic) bond motifs is 4. The summed E-state index contributed by atoms with van der Waals surface area (Å²) in [4.78, 5) is 21.4. The molecule has 258 valence electrons. The molecule has 2 heterocycles. The number of hydrogen-bond donors (Lipinski definition) is 3. The van der Waals surface area contributed by atoms with Crippen LogP contribution < -0.4 is 10.1 Å². The molecule has 12 heteroatoms. The Hall–Kier alpha value is -5.01. The number of allylic oxidation sites excluding steroid dienone is 1. The maximum Gasteiger partial charge on any atom is 0.286 e. The van der Waals surface area contributed by atoms with Crippen LogP contribution in [0.4, 0.5) is 0 Å². The van der Waals surface area contributed by atoms with Crippen molar-refractivity contribution in [3.63, 3.8) is 0 Å². The fraction of sp³-hybridized carbons (Fsp3) is 0.263. The van der Waals surface area contributed by atoms with Gasteiger partial charge in [-0.1, -0.05) is 54.6 Å². The fourth-order valence-corrected chi connectivity index (χ4v) is 7.95. The van der Waals surface area contributed by atoms with E-state index in [9.17, 15) is 18.3 Å². The number of aromatic nitrogens is 2. The second-order valence-electron chi connectivity index (χ2n) is 12.2. The summed E-state index contributed by atoms with van der Waals surface area (Å²) in [7, 11) is -2.42. The minimum absolute atomic E-state index is 0.0276. The SMILES string of the molecule is COc1ccc(S(=O)(=O)N(CCO)CCO[C@H]2C[C@@H](c3ccc4c(c3)Cc3ccccc3-4)C=C(C(=O)NCc3nc4ccccc4[nH]3)O2)cc1. The van der Waals surface area contributed by atoms with Gasteiger partial charge in [-0.05, 0) is 76.7 Å². The predicted octanol–water partition coefficient (Wildman–Crippen LogP) is 4.87. The zero-order valence-electron chi connectivity index (χ0n) is 27.5. The van der Waals surface area contributed by atoms with Crippen molar-refractivity contribution in [2.75, 3.05) is 33.4 Å². The standard InChI is InChI=1S/C38H38N4O7S/c1-47-29-11-13-30(14-12-29)50(45,46)42(16-18-43)17-19-48-37-23-27(25-10-15-32-28(20-25)21-26-6-2-3-7-31(26)32)22-35(49-37)38(44)39-24-36-40-33-8-4-5-9-34(33)41-36/h2-15,20,22,27,37,43H,16-19,21,23-24H2,1H3,(H,39,44)(H,40,41)/t27-,37+/m0/s1. The lowest BCUT2D eigenvalue weighted by molar-refractivity contribution is -0.146. The highest BCUT2D eigenvalue weighted by atomic mass is 32.2. The van der Waals surface area contributed by atoms with Gasteiger partial charge in [0.1, 0.15) is 11.6 Å². The van der Waals surface area contributed by atoms with Gasteiger partial charge in [0.15, 0.2) is 5.76 Å². The lowest BCUT2D eigenvalue weighted by Gasteiger charge is -2.30. The Labute approximate surface area is 290 Å². The number of para-hydroxylation sites is 2. The van der Waals surface area contributed by atoms with Crippen molar-refractivity contribution in [3.05, 3.63) is 125 Å². The quantitative estimate of drug-likeness (QED) is 0.155. The number of sulfonamides is 1. The van der Waals surface area contributed by atoms with E-state index in [-0.39, 0.29) is 49.4 Å². The molecule has 0 spiro atoms. The molecule has 1 aliphatic heterocycles. The van der Waals surface area contributed by atoms with E-state index in [1.807, 2.05) is 36.4 Å². The lowest BCUT2D eigenvalue weighted by Crippen LogP contribution is -2.38. The molecule has 2 aliphatic rings. The number of hydrogen-bond acceptors (Lipinski definition) is 8. The number of aromatic amines is 1. The van der Waals surface area contributed by atoms with E-state index in [1.165, 1.54) is 45.8 Å². The molecule has 5 aromatic rings. The summed E-state index contributed by atoms with van der Waals surface area (Å²) in [5.74, 6) is 0.640. The van der Waals surface area contributed by atoms with Crippen molar-refractivity contribution in [2.24, 2.45) is 0 Å². The van der Waals surface area contributed by atoms with Gasteiger partial charge >= 0.3 is 0 Å². The monoisotopic (exact) mass is 694 g/mol. The van der Waals surface area contributed by atoms with Gasteiger partial charge in [-0.25, -0.2) is 13.4 Å². The third-order valence-corrected chi connectivity index (χ3v) is 11.0. The highest BCUT2D eigenvalue weighted by molar-refractivity contribution is 7.89. The predicted molar refractivity (Wildman–Crippen MR) is 188 cm³/mol. The Morgan fingerprint density at radius 2 is 1.78 bits per heavy atom. The highest BCUT2D eigenvalue weighted by Gasteiger charge is 2.31. The van der Waals surface area contributed by atoms with E-state index < -0.39 is 22.2 Å². The molecule has 0 saturated heterocycles. The Kier molecular flexibility index (Phi) is 9.68. The molecule has 1 aliphatic carbocycles. The van der Waals surface area contributed by atoms with Crippen LogP contribution in [0.15, 0.2) is 108 Å². The molecular weight excluding hydrogens is 657 g/mol. The Balaban J connectivity index is 1.08. The van der Waals surface area contributed by atoms with Gasteiger partial charge in [0.25, 0.3) is 5.91 Å². The first kappa shape index (κ1) is 33.5. The molecule has 50 heavy (non-hydrogen) atoms. The number of carbonyl (C=O) groups excluding carboxylic acids is 1. The molecule has 1 amide bonds. The number of H-pyrrole nitrogens is 1. The van der Waals surface area contributed by atoms with Crippen LogP contribution >= 0.6 is 0 Å². The summed E-state index contributed by atoms with van der Waals surface area (Å²) in [6.45, 7) is -0.370. The van der Waals surface area contributed by atoms with Crippen molar-refractivity contribution in [1.82, 2.24) is 19.6 Å². The fourth-order valence-electron chi connectivity index (χ4n) is 6.53. The Morgan fingerprint density at radius 1 is 1.00 bits per heavy atom. The van der Waals surface area contributed by atoms with Gasteiger partial charge in [0.2, 0.25) is 16.3 Å². The Bertz CT molecular complexity index is 2110. The van der Waals surface area contributed by atoms with E-state index in [1.54, 1.807) is 12.1 Å². The number of methoxy groups -OCH3 is 1. The van der Waals surface area contributed by atoms with Crippen molar-refractivity contribution in [2.45, 2.75) is 36.5 Å². The van der Waals surface area contributed by atoms with Crippen LogP contribution in [0.5, 0.6) is 5.75 Å². The van der Waals surface area contributed by atoms with Crippen molar-refractivity contribution in [3.8, 4) is 16.9 Å². The second kappa shape index (κ2) is 14.5. The third kappa shape index (κ3) is 7.01. The summed E-state index contributed by atoms with van der Waals surface area (Å²) >= 11 is 0. The minimum Gasteiger partial charge on any atom is -0.497 e. The average Bonchev–Trinajstić information content (AvgIpc) is 3.74. The molecule has 0 saturated carbocycles. The average molecular weight is 695 g/mol. The van der Waals surface area contributed by atoms with Crippen LogP contribution in [0.2, 0.25) is 0 Å². The van der Waals surface area contributed by atoms with E-state index in [4.69, 9.17) is 14.2 Å². The molecule has 0 bridgehead atoms. The summed E-state index contributed by atoms with van der Waals surface area (Å²) < 4.78 is 45.4. The topological polar surface area (TPSA) is 143 Å². The zero-order valence-corrected chi connectivity index (χ0v) is 28.4. The number of imidazole rings is 1. The summed E-state index contributed by atoms with van der Waals surface area (Å²) in [6, 6.07) is 28.5. The first-order valence-electron chi connectivity index (χ1n) is 16.5. The largest absolute Gasteiger partial charge is 0.497 e. The van der Waals surface area contributed by atoms with E-state index in [2.05, 4.69) is 51.7 Å². The number of nitrogens with one attached hydrogen (secondary N) is 2. The zero-order chi connectivity index (χ0) is 34.7. The summed E-state index contributed by atoms with van der Waals surface area (Å²) in [5, 5.41) is 12.6. The van der Waals surface area contributed by atoms with Crippen LogP contribution in [0, 0.1) is 0 Å². The van der Waals surface area contributed by atoms with Crippen LogP contribution in [0.25, 0.3) is 22.2 Å². The van der Waals surface area contributed by atoms with Gasteiger partial charge in [-0.2, -0.15) is 4.31 Å². The van der Waals surface area contributed by atoms with Crippen LogP contribution in [0.3, 0.4) is 0 Å².